The summed E-state index contributed by atoms with van der Waals surface area (Å²) in [6.07, 6.45) is 0.523. The van der Waals surface area contributed by atoms with Crippen molar-refractivity contribution in [1.29, 1.82) is 0 Å². The Labute approximate surface area is 227 Å². The van der Waals surface area contributed by atoms with Gasteiger partial charge < -0.3 is 10.2 Å². The Bertz CT molecular complexity index is 1280. The molecule has 0 radical (unpaired) electrons. The highest BCUT2D eigenvalue weighted by atomic mass is 79.9. The molecule has 196 valence electrons. The Morgan fingerprint density at radius 2 is 1.43 bits per heavy atom. The Balaban J connectivity index is 1.95. The Morgan fingerprint density at radius 1 is 0.865 bits per heavy atom. The SMILES string of the molecule is CC(C)NC(=O)[C@@H](C)N(CCc1ccccc1)C(=O)CN(c1ccc(Br)cc1)S(=O)(=O)c1ccccc1. The molecule has 3 aromatic rings. The number of rotatable bonds is 11. The van der Waals surface area contributed by atoms with E-state index < -0.39 is 28.5 Å². The number of sulfonamides is 1. The summed E-state index contributed by atoms with van der Waals surface area (Å²) in [5, 5.41) is 2.85. The molecule has 0 aliphatic carbocycles. The van der Waals surface area contributed by atoms with Crippen LogP contribution in [0.5, 0.6) is 0 Å². The van der Waals surface area contributed by atoms with Crippen molar-refractivity contribution in [3.8, 4) is 0 Å². The number of nitrogens with one attached hydrogen (secondary N) is 1. The zero-order valence-corrected chi connectivity index (χ0v) is 23.6. The first-order chi connectivity index (χ1) is 17.6. The Hall–Kier alpha value is -3.17. The van der Waals surface area contributed by atoms with E-state index in [2.05, 4.69) is 21.2 Å². The lowest BCUT2D eigenvalue weighted by molar-refractivity contribution is -0.139. The van der Waals surface area contributed by atoms with Crippen LogP contribution in [0.15, 0.2) is 94.3 Å². The van der Waals surface area contributed by atoms with Crippen LogP contribution >= 0.6 is 15.9 Å². The van der Waals surface area contributed by atoms with Gasteiger partial charge in [-0.05, 0) is 69.2 Å². The molecule has 3 aromatic carbocycles. The summed E-state index contributed by atoms with van der Waals surface area (Å²) in [7, 11) is -4.06. The van der Waals surface area contributed by atoms with Gasteiger partial charge >= 0.3 is 0 Å². The van der Waals surface area contributed by atoms with E-state index in [0.717, 1.165) is 14.3 Å². The van der Waals surface area contributed by atoms with Gasteiger partial charge in [-0.3, -0.25) is 13.9 Å². The van der Waals surface area contributed by atoms with Crippen molar-refractivity contribution in [2.45, 2.75) is 44.2 Å². The van der Waals surface area contributed by atoms with Crippen molar-refractivity contribution in [2.75, 3.05) is 17.4 Å². The van der Waals surface area contributed by atoms with E-state index in [1.54, 1.807) is 49.4 Å². The molecule has 0 aromatic heterocycles. The molecule has 0 unspecified atom stereocenters. The van der Waals surface area contributed by atoms with Gasteiger partial charge in [0.2, 0.25) is 11.8 Å². The second-order valence-electron chi connectivity index (χ2n) is 8.96. The highest BCUT2D eigenvalue weighted by molar-refractivity contribution is 9.10. The minimum atomic E-state index is -4.06. The Kier molecular flexibility index (Phi) is 9.88. The number of carbonyl (C=O) groups excluding carboxylic acids is 2. The molecule has 37 heavy (non-hydrogen) atoms. The minimum Gasteiger partial charge on any atom is -0.352 e. The van der Waals surface area contributed by atoms with Crippen LogP contribution in [0.25, 0.3) is 0 Å². The zero-order valence-electron chi connectivity index (χ0n) is 21.2. The summed E-state index contributed by atoms with van der Waals surface area (Å²) >= 11 is 3.37. The van der Waals surface area contributed by atoms with Gasteiger partial charge in [0.25, 0.3) is 10.0 Å². The smallest absolute Gasteiger partial charge is 0.264 e. The molecule has 1 atom stereocenters. The summed E-state index contributed by atoms with van der Waals surface area (Å²) in [6, 6.07) is 23.5. The molecule has 1 N–H and O–H groups in total. The molecule has 9 heteroatoms. The maximum Gasteiger partial charge on any atom is 0.264 e. The number of carbonyl (C=O) groups is 2. The average Bonchev–Trinajstić information content (AvgIpc) is 2.88. The first kappa shape index (κ1) is 28.4. The van der Waals surface area contributed by atoms with Gasteiger partial charge in [0, 0.05) is 17.1 Å². The molecule has 3 rings (SSSR count). The van der Waals surface area contributed by atoms with Gasteiger partial charge in [-0.25, -0.2) is 8.42 Å². The second-order valence-corrected chi connectivity index (χ2v) is 11.7. The van der Waals surface area contributed by atoms with Gasteiger partial charge in [-0.1, -0.05) is 64.5 Å². The van der Waals surface area contributed by atoms with Crippen molar-refractivity contribution < 1.29 is 18.0 Å². The molecule has 0 fully saturated rings. The van der Waals surface area contributed by atoms with E-state index in [1.807, 2.05) is 44.2 Å². The fourth-order valence-corrected chi connectivity index (χ4v) is 5.53. The molecule has 0 bridgehead atoms. The number of halogens is 1. The van der Waals surface area contributed by atoms with Crippen molar-refractivity contribution in [1.82, 2.24) is 10.2 Å². The number of benzene rings is 3. The van der Waals surface area contributed by atoms with Gasteiger partial charge in [0.1, 0.15) is 12.6 Å². The van der Waals surface area contributed by atoms with Crippen LogP contribution in [-0.4, -0.2) is 50.3 Å². The number of hydrogen-bond acceptors (Lipinski definition) is 4. The fraction of sp³-hybridized carbons (Fsp3) is 0.286. The van der Waals surface area contributed by atoms with Crippen LogP contribution in [0.3, 0.4) is 0 Å². The molecule has 2 amide bonds. The number of anilines is 1. The topological polar surface area (TPSA) is 86.8 Å². The third-order valence-electron chi connectivity index (χ3n) is 5.81. The van der Waals surface area contributed by atoms with E-state index in [4.69, 9.17) is 0 Å². The standard InChI is InChI=1S/C28H32BrN3O4S/c1-21(2)30-28(34)22(3)31(19-18-23-10-6-4-7-11-23)27(33)20-32(25-16-14-24(29)15-17-25)37(35,36)26-12-8-5-9-13-26/h4-17,21-22H,18-20H2,1-3H3,(H,30,34)/t22-/m1/s1. The van der Waals surface area contributed by atoms with Crippen molar-refractivity contribution in [3.63, 3.8) is 0 Å². The van der Waals surface area contributed by atoms with Crippen LogP contribution < -0.4 is 9.62 Å². The third kappa shape index (κ3) is 7.66. The van der Waals surface area contributed by atoms with Crippen LogP contribution in [-0.2, 0) is 26.0 Å². The maximum absolute atomic E-state index is 13.8. The molecular weight excluding hydrogens is 554 g/mol. The van der Waals surface area contributed by atoms with Crippen LogP contribution in [0.1, 0.15) is 26.3 Å². The molecule has 0 saturated heterocycles. The van der Waals surface area contributed by atoms with Crippen LogP contribution in [0.2, 0.25) is 0 Å². The monoisotopic (exact) mass is 585 g/mol. The maximum atomic E-state index is 13.8. The molecule has 7 nitrogen and oxygen atoms in total. The second kappa shape index (κ2) is 12.9. The lowest BCUT2D eigenvalue weighted by atomic mass is 10.1. The largest absolute Gasteiger partial charge is 0.352 e. The summed E-state index contributed by atoms with van der Waals surface area (Å²) < 4.78 is 29.2. The molecule has 0 saturated carbocycles. The third-order valence-corrected chi connectivity index (χ3v) is 8.12. The van der Waals surface area contributed by atoms with Crippen LogP contribution in [0, 0.1) is 0 Å². The summed E-state index contributed by atoms with van der Waals surface area (Å²) in [4.78, 5) is 28.2. The first-order valence-corrected chi connectivity index (χ1v) is 14.3. The van der Waals surface area contributed by atoms with Crippen molar-refractivity contribution in [3.05, 3.63) is 95.0 Å². The van der Waals surface area contributed by atoms with Gasteiger partial charge in [0.05, 0.1) is 10.6 Å². The first-order valence-electron chi connectivity index (χ1n) is 12.1. The van der Waals surface area contributed by atoms with Crippen molar-refractivity contribution in [2.24, 2.45) is 0 Å². The van der Waals surface area contributed by atoms with E-state index in [0.29, 0.717) is 12.1 Å². The summed E-state index contributed by atoms with van der Waals surface area (Å²) in [5.41, 5.74) is 1.36. The molecule has 0 aliphatic rings. The zero-order chi connectivity index (χ0) is 27.0. The van der Waals surface area contributed by atoms with Gasteiger partial charge in [-0.2, -0.15) is 0 Å². The summed E-state index contributed by atoms with van der Waals surface area (Å²) in [5.74, 6) is -0.762. The predicted molar refractivity (Wildman–Crippen MR) is 150 cm³/mol. The summed E-state index contributed by atoms with van der Waals surface area (Å²) in [6.45, 7) is 5.17. The molecule has 0 aliphatic heterocycles. The molecule has 0 spiro atoms. The minimum absolute atomic E-state index is 0.0761. The number of nitrogens with zero attached hydrogens (tertiary/aromatic N) is 2. The Morgan fingerprint density at radius 3 is 2.00 bits per heavy atom. The quantitative estimate of drug-likeness (QED) is 0.355. The average molecular weight is 587 g/mol. The van der Waals surface area contributed by atoms with Gasteiger partial charge in [-0.15, -0.1) is 0 Å². The number of amides is 2. The van der Waals surface area contributed by atoms with Gasteiger partial charge in [0.15, 0.2) is 0 Å². The number of hydrogen-bond donors (Lipinski definition) is 1. The van der Waals surface area contributed by atoms with E-state index >= 15 is 0 Å². The van der Waals surface area contributed by atoms with E-state index in [1.165, 1.54) is 17.0 Å². The van der Waals surface area contributed by atoms with Crippen molar-refractivity contribution >= 4 is 43.5 Å². The predicted octanol–water partition coefficient (Wildman–Crippen LogP) is 4.63. The van der Waals surface area contributed by atoms with E-state index in [-0.39, 0.29) is 23.4 Å². The molecule has 0 heterocycles. The van der Waals surface area contributed by atoms with Crippen LogP contribution in [0.4, 0.5) is 5.69 Å². The highest BCUT2D eigenvalue weighted by Crippen LogP contribution is 2.25. The van der Waals surface area contributed by atoms with E-state index in [9.17, 15) is 18.0 Å². The molecular formula is C28H32BrN3O4S. The lowest BCUT2D eigenvalue weighted by Crippen LogP contribution is -2.53. The fourth-order valence-electron chi connectivity index (χ4n) is 3.83. The highest BCUT2D eigenvalue weighted by Gasteiger charge is 2.32. The lowest BCUT2D eigenvalue weighted by Gasteiger charge is -2.32. The normalized spacial score (nSPS) is 12.1.